The third-order valence-corrected chi connectivity index (χ3v) is 4.73. The molecule has 156 valence electrons. The Morgan fingerprint density at radius 2 is 1.50 bits per heavy atom. The molecule has 0 saturated carbocycles. The minimum Gasteiger partial charge on any atom is -0.454 e. The quantitative estimate of drug-likeness (QED) is 0.534. The molecule has 0 saturated heterocycles. The van der Waals surface area contributed by atoms with Crippen molar-refractivity contribution in [3.05, 3.63) is 71.3 Å². The lowest BCUT2D eigenvalue weighted by Gasteiger charge is -2.24. The molecule has 1 N–H and O–H groups in total. The average molecular weight is 408 g/mol. The van der Waals surface area contributed by atoms with E-state index in [9.17, 15) is 19.2 Å². The summed E-state index contributed by atoms with van der Waals surface area (Å²) in [4.78, 5) is 51.5. The van der Waals surface area contributed by atoms with E-state index < -0.39 is 36.3 Å². The van der Waals surface area contributed by atoms with Gasteiger partial charge in [0.25, 0.3) is 17.7 Å². The third kappa shape index (κ3) is 4.74. The van der Waals surface area contributed by atoms with Crippen LogP contribution in [0.5, 0.6) is 0 Å². The fraction of sp³-hybridized carbons (Fsp3) is 0.304. The van der Waals surface area contributed by atoms with E-state index in [1.807, 2.05) is 19.9 Å². The first kappa shape index (κ1) is 21.2. The molecule has 1 atom stereocenters. The van der Waals surface area contributed by atoms with Crippen molar-refractivity contribution in [2.24, 2.45) is 5.92 Å². The van der Waals surface area contributed by atoms with Crippen molar-refractivity contribution in [1.29, 1.82) is 0 Å². The number of rotatable bonds is 8. The highest BCUT2D eigenvalue weighted by molar-refractivity contribution is 6.22. The Labute approximate surface area is 175 Å². The highest BCUT2D eigenvalue weighted by atomic mass is 16.5. The smallest absolute Gasteiger partial charge is 0.330 e. The molecule has 0 fully saturated rings. The lowest BCUT2D eigenvalue weighted by Crippen LogP contribution is -2.47. The summed E-state index contributed by atoms with van der Waals surface area (Å²) in [5, 5.41) is 2.66. The van der Waals surface area contributed by atoms with E-state index in [0.717, 1.165) is 10.5 Å². The molecule has 3 amide bonds. The number of esters is 1. The third-order valence-electron chi connectivity index (χ3n) is 4.73. The highest BCUT2D eigenvalue weighted by Crippen LogP contribution is 2.26. The maximum Gasteiger partial charge on any atom is 0.330 e. The van der Waals surface area contributed by atoms with Crippen LogP contribution in [0.4, 0.5) is 0 Å². The molecule has 7 heteroatoms. The van der Waals surface area contributed by atoms with E-state index in [1.54, 1.807) is 48.5 Å². The van der Waals surface area contributed by atoms with Crippen LogP contribution in [0.1, 0.15) is 40.1 Å². The standard InChI is InChI=1S/C23H24N2O5/c1-15(2)13-24-20(26)14-30-23(29)19(12-16-8-4-3-5-9-16)25-21(27)17-10-6-7-11-18(17)22(25)28/h3-11,15,19H,12-14H2,1-2H3,(H,24,26)/t19-/m0/s1. The van der Waals surface area contributed by atoms with Gasteiger partial charge in [0.15, 0.2) is 6.61 Å². The Bertz CT molecular complexity index is 920. The van der Waals surface area contributed by atoms with Gasteiger partial charge in [0.1, 0.15) is 6.04 Å². The van der Waals surface area contributed by atoms with Crippen LogP contribution in [-0.4, -0.2) is 47.8 Å². The monoisotopic (exact) mass is 408 g/mol. The predicted molar refractivity (Wildman–Crippen MR) is 110 cm³/mol. The van der Waals surface area contributed by atoms with Gasteiger partial charge in [0, 0.05) is 13.0 Å². The number of amides is 3. The molecule has 1 heterocycles. The van der Waals surface area contributed by atoms with Gasteiger partial charge in [-0.25, -0.2) is 4.79 Å². The van der Waals surface area contributed by atoms with Gasteiger partial charge in [-0.2, -0.15) is 0 Å². The summed E-state index contributed by atoms with van der Waals surface area (Å²) in [6.45, 7) is 3.89. The second-order valence-corrected chi connectivity index (χ2v) is 7.54. The van der Waals surface area contributed by atoms with E-state index in [4.69, 9.17) is 4.74 Å². The second-order valence-electron chi connectivity index (χ2n) is 7.54. The molecular weight excluding hydrogens is 384 g/mol. The molecule has 0 radical (unpaired) electrons. The fourth-order valence-electron chi connectivity index (χ4n) is 3.21. The molecule has 0 aliphatic carbocycles. The van der Waals surface area contributed by atoms with E-state index in [-0.39, 0.29) is 23.5 Å². The van der Waals surface area contributed by atoms with Crippen molar-refractivity contribution in [1.82, 2.24) is 10.2 Å². The number of benzene rings is 2. The van der Waals surface area contributed by atoms with Crippen molar-refractivity contribution in [3.63, 3.8) is 0 Å². The maximum absolute atomic E-state index is 12.9. The fourth-order valence-corrected chi connectivity index (χ4v) is 3.21. The molecular formula is C23H24N2O5. The van der Waals surface area contributed by atoms with Crippen LogP contribution >= 0.6 is 0 Å². The van der Waals surface area contributed by atoms with Gasteiger partial charge in [0.05, 0.1) is 11.1 Å². The largest absolute Gasteiger partial charge is 0.454 e. The summed E-state index contributed by atoms with van der Waals surface area (Å²) in [5.74, 6) is -2.06. The number of nitrogens with one attached hydrogen (secondary N) is 1. The molecule has 1 aliphatic rings. The van der Waals surface area contributed by atoms with Crippen molar-refractivity contribution in [2.45, 2.75) is 26.3 Å². The molecule has 2 aromatic rings. The van der Waals surface area contributed by atoms with Gasteiger partial charge in [-0.05, 0) is 23.6 Å². The number of ether oxygens (including phenoxy) is 1. The second kappa shape index (κ2) is 9.35. The molecule has 0 aromatic heterocycles. The average Bonchev–Trinajstić information content (AvgIpc) is 3.00. The Morgan fingerprint density at radius 1 is 0.933 bits per heavy atom. The molecule has 0 unspecified atom stereocenters. The van der Waals surface area contributed by atoms with Crippen LogP contribution in [0.3, 0.4) is 0 Å². The number of fused-ring (bicyclic) bond motifs is 1. The van der Waals surface area contributed by atoms with E-state index >= 15 is 0 Å². The van der Waals surface area contributed by atoms with Crippen LogP contribution in [0.25, 0.3) is 0 Å². The minimum atomic E-state index is -1.17. The topological polar surface area (TPSA) is 92.8 Å². The zero-order valence-electron chi connectivity index (χ0n) is 17.0. The van der Waals surface area contributed by atoms with Gasteiger partial charge >= 0.3 is 5.97 Å². The summed E-state index contributed by atoms with van der Waals surface area (Å²) in [6.07, 6.45) is 0.0960. The number of carbonyl (C=O) groups excluding carboxylic acids is 4. The van der Waals surface area contributed by atoms with Crippen LogP contribution in [0, 0.1) is 5.92 Å². The minimum absolute atomic E-state index is 0.0960. The lowest BCUT2D eigenvalue weighted by molar-refractivity contribution is -0.152. The Kier molecular flexibility index (Phi) is 6.61. The molecule has 3 rings (SSSR count). The molecule has 1 aliphatic heterocycles. The zero-order chi connectivity index (χ0) is 21.7. The van der Waals surface area contributed by atoms with Crippen LogP contribution in [-0.2, 0) is 20.7 Å². The van der Waals surface area contributed by atoms with E-state index in [0.29, 0.717) is 6.54 Å². The first-order valence-electron chi connectivity index (χ1n) is 9.82. The normalized spacial score (nSPS) is 13.9. The van der Waals surface area contributed by atoms with Crippen LogP contribution in [0.15, 0.2) is 54.6 Å². The first-order chi connectivity index (χ1) is 14.4. The van der Waals surface area contributed by atoms with Crippen LogP contribution < -0.4 is 5.32 Å². The Morgan fingerprint density at radius 3 is 2.07 bits per heavy atom. The van der Waals surface area contributed by atoms with Crippen LogP contribution in [0.2, 0.25) is 0 Å². The predicted octanol–water partition coefficient (Wildman–Crippen LogP) is 2.21. The Hall–Kier alpha value is -3.48. The zero-order valence-corrected chi connectivity index (χ0v) is 17.0. The van der Waals surface area contributed by atoms with Crippen molar-refractivity contribution in [2.75, 3.05) is 13.2 Å². The summed E-state index contributed by atoms with van der Waals surface area (Å²) in [5.41, 5.74) is 1.27. The van der Waals surface area contributed by atoms with Crippen molar-refractivity contribution < 1.29 is 23.9 Å². The summed E-state index contributed by atoms with van der Waals surface area (Å²) < 4.78 is 5.18. The maximum atomic E-state index is 12.9. The van der Waals surface area contributed by atoms with E-state index in [1.165, 1.54) is 0 Å². The molecule has 0 spiro atoms. The molecule has 30 heavy (non-hydrogen) atoms. The van der Waals surface area contributed by atoms with Gasteiger partial charge in [-0.3, -0.25) is 19.3 Å². The van der Waals surface area contributed by atoms with E-state index in [2.05, 4.69) is 5.32 Å². The number of hydrogen-bond acceptors (Lipinski definition) is 5. The summed E-state index contributed by atoms with van der Waals surface area (Å²) in [6, 6.07) is 14.3. The first-order valence-corrected chi connectivity index (χ1v) is 9.82. The number of hydrogen-bond donors (Lipinski definition) is 1. The van der Waals surface area contributed by atoms with Crippen molar-refractivity contribution in [3.8, 4) is 0 Å². The number of imide groups is 1. The Balaban J connectivity index is 1.79. The molecule has 7 nitrogen and oxygen atoms in total. The summed E-state index contributed by atoms with van der Waals surface area (Å²) in [7, 11) is 0. The SMILES string of the molecule is CC(C)CNC(=O)COC(=O)[C@H](Cc1ccccc1)N1C(=O)c2ccccc2C1=O. The van der Waals surface area contributed by atoms with Gasteiger partial charge in [-0.15, -0.1) is 0 Å². The van der Waals surface area contributed by atoms with Gasteiger partial charge < -0.3 is 10.1 Å². The lowest BCUT2D eigenvalue weighted by atomic mass is 10.0. The number of nitrogens with zero attached hydrogens (tertiary/aromatic N) is 1. The van der Waals surface area contributed by atoms with Crippen molar-refractivity contribution >= 4 is 23.7 Å². The summed E-state index contributed by atoms with van der Waals surface area (Å²) >= 11 is 0. The van der Waals surface area contributed by atoms with Gasteiger partial charge in [-0.1, -0.05) is 56.3 Å². The van der Waals surface area contributed by atoms with Gasteiger partial charge in [0.2, 0.25) is 0 Å². The molecule has 2 aromatic carbocycles. The number of carbonyl (C=O) groups is 4. The molecule has 0 bridgehead atoms. The highest BCUT2D eigenvalue weighted by Gasteiger charge is 2.43.